The Kier molecular flexibility index (Phi) is 3.91. The van der Waals surface area contributed by atoms with E-state index in [9.17, 15) is 0 Å². The maximum absolute atomic E-state index is 4.87. The van der Waals surface area contributed by atoms with Gasteiger partial charge in [0.05, 0.1) is 26.9 Å². The number of nitrogens with zero attached hydrogens (tertiary/aromatic N) is 5. The Morgan fingerprint density at radius 1 is 0.852 bits per heavy atom. The van der Waals surface area contributed by atoms with Crippen molar-refractivity contribution in [2.75, 3.05) is 0 Å². The number of aryl methyl sites for hydroxylation is 2. The largest absolute Gasteiger partial charge is 0.235 e. The van der Waals surface area contributed by atoms with Crippen LogP contribution in [0.25, 0.3) is 27.1 Å². The van der Waals surface area contributed by atoms with Crippen molar-refractivity contribution in [2.24, 2.45) is 0 Å². The second-order valence-corrected chi connectivity index (χ2v) is 8.50. The Labute approximate surface area is 164 Å². The van der Waals surface area contributed by atoms with Crippen molar-refractivity contribution in [3.05, 3.63) is 66.0 Å². The lowest BCUT2D eigenvalue weighted by atomic mass is 10.3. The van der Waals surface area contributed by atoms with Gasteiger partial charge < -0.3 is 0 Å². The Bertz CT molecular complexity index is 1260. The lowest BCUT2D eigenvalue weighted by Crippen LogP contribution is -2.06. The molecule has 3 aromatic heterocycles. The van der Waals surface area contributed by atoms with Crippen molar-refractivity contribution in [1.82, 2.24) is 24.7 Å². The number of fused-ring (bicyclic) bond motifs is 2. The predicted molar refractivity (Wildman–Crippen MR) is 110 cm³/mol. The number of hydrogen-bond acceptors (Lipinski definition) is 6. The average Bonchev–Trinajstić information content (AvgIpc) is 3.22. The van der Waals surface area contributed by atoms with Crippen LogP contribution in [0.15, 0.2) is 64.0 Å². The van der Waals surface area contributed by atoms with Crippen LogP contribution in [0.2, 0.25) is 0 Å². The third-order valence-corrected chi connectivity index (χ3v) is 6.25. The smallest absolute Gasteiger partial charge is 0.187 e. The Morgan fingerprint density at radius 3 is 2.26 bits per heavy atom. The summed E-state index contributed by atoms with van der Waals surface area (Å²) in [6.45, 7) is 4.02. The summed E-state index contributed by atoms with van der Waals surface area (Å²) in [5, 5.41) is 5.42. The molecule has 0 radical (unpaired) electrons. The van der Waals surface area contributed by atoms with Crippen LogP contribution < -0.4 is 0 Å². The Hall–Kier alpha value is -2.77. The van der Waals surface area contributed by atoms with Crippen LogP contribution in [-0.2, 0) is 0 Å². The molecule has 0 aliphatic rings. The quantitative estimate of drug-likeness (QED) is 0.425. The van der Waals surface area contributed by atoms with Gasteiger partial charge >= 0.3 is 0 Å². The molecule has 0 bridgehead atoms. The molecule has 0 saturated carbocycles. The molecule has 0 aliphatic heterocycles. The minimum Gasteiger partial charge on any atom is -0.235 e. The van der Waals surface area contributed by atoms with Gasteiger partial charge in [0.1, 0.15) is 5.03 Å². The van der Waals surface area contributed by atoms with Crippen LogP contribution in [0.5, 0.6) is 0 Å². The number of hydrogen-bond donors (Lipinski definition) is 0. The number of rotatable bonds is 3. The molecule has 0 unspecified atom stereocenters. The molecule has 5 rings (SSSR count). The summed E-state index contributed by atoms with van der Waals surface area (Å²) in [6.07, 6.45) is 0. The van der Waals surface area contributed by atoms with E-state index in [0.717, 1.165) is 43.1 Å². The highest BCUT2D eigenvalue weighted by Gasteiger charge is 2.17. The Morgan fingerprint density at radius 2 is 1.56 bits per heavy atom. The van der Waals surface area contributed by atoms with E-state index in [2.05, 4.69) is 11.2 Å². The zero-order chi connectivity index (χ0) is 18.4. The predicted octanol–water partition coefficient (Wildman–Crippen LogP) is 5.19. The molecular formula is C20H15N5S2. The van der Waals surface area contributed by atoms with Gasteiger partial charge in [0, 0.05) is 5.69 Å². The third-order valence-electron chi connectivity index (χ3n) is 4.19. The molecule has 0 spiro atoms. The molecule has 0 saturated heterocycles. The highest BCUT2D eigenvalue weighted by molar-refractivity contribution is 8.01. The fraction of sp³-hybridized carbons (Fsp3) is 0.100. The summed E-state index contributed by atoms with van der Waals surface area (Å²) in [5.41, 5.74) is 4.72. The lowest BCUT2D eigenvalue weighted by molar-refractivity contribution is 0.780. The highest BCUT2D eigenvalue weighted by Crippen LogP contribution is 2.36. The molecule has 0 aliphatic carbocycles. The molecular weight excluding hydrogens is 374 g/mol. The molecule has 0 fully saturated rings. The molecule has 5 aromatic rings. The first-order valence-corrected chi connectivity index (χ1v) is 10.1. The molecule has 0 N–H and O–H groups in total. The topological polar surface area (TPSA) is 56.5 Å². The molecule has 132 valence electrons. The van der Waals surface area contributed by atoms with Crippen LogP contribution in [-0.4, -0.2) is 24.7 Å². The SMILES string of the molecule is Cc1cc(C)n(-c2nc3ccccc3nc2Sc2nc3ccccc3s2)n1. The summed E-state index contributed by atoms with van der Waals surface area (Å²) >= 11 is 3.21. The third kappa shape index (κ3) is 2.98. The van der Waals surface area contributed by atoms with Gasteiger partial charge in [0.25, 0.3) is 0 Å². The average molecular weight is 390 g/mol. The van der Waals surface area contributed by atoms with Crippen molar-refractivity contribution in [1.29, 1.82) is 0 Å². The fourth-order valence-electron chi connectivity index (χ4n) is 3.00. The first kappa shape index (κ1) is 16.4. The van der Waals surface area contributed by atoms with E-state index in [-0.39, 0.29) is 0 Å². The first-order valence-electron chi connectivity index (χ1n) is 8.51. The van der Waals surface area contributed by atoms with E-state index in [1.54, 1.807) is 23.1 Å². The standard InChI is InChI=1S/C20H15N5S2/c1-12-11-13(2)25(24-12)18-19(22-15-8-4-3-7-14(15)21-18)27-20-23-16-9-5-6-10-17(16)26-20/h3-11H,1-2H3. The minimum absolute atomic E-state index is 0.739. The zero-order valence-electron chi connectivity index (χ0n) is 14.7. The van der Waals surface area contributed by atoms with Gasteiger partial charge in [-0.1, -0.05) is 24.3 Å². The van der Waals surface area contributed by atoms with Gasteiger partial charge in [-0.05, 0) is 55.9 Å². The highest BCUT2D eigenvalue weighted by atomic mass is 32.2. The zero-order valence-corrected chi connectivity index (χ0v) is 16.4. The lowest BCUT2D eigenvalue weighted by Gasteiger charge is -2.09. The van der Waals surface area contributed by atoms with E-state index < -0.39 is 0 Å². The van der Waals surface area contributed by atoms with Crippen molar-refractivity contribution < 1.29 is 0 Å². The van der Waals surface area contributed by atoms with Crippen LogP contribution in [0.1, 0.15) is 11.4 Å². The van der Waals surface area contributed by atoms with Gasteiger partial charge in [-0.2, -0.15) is 5.10 Å². The van der Waals surface area contributed by atoms with Crippen molar-refractivity contribution in [3.8, 4) is 5.82 Å². The first-order chi connectivity index (χ1) is 13.2. The molecule has 0 amide bonds. The second kappa shape index (κ2) is 6.44. The van der Waals surface area contributed by atoms with E-state index >= 15 is 0 Å². The fourth-order valence-corrected chi connectivity index (χ4v) is 5.05. The number of aromatic nitrogens is 5. The van der Waals surface area contributed by atoms with E-state index in [1.807, 2.05) is 67.1 Å². The molecule has 0 atom stereocenters. The van der Waals surface area contributed by atoms with Crippen molar-refractivity contribution in [3.63, 3.8) is 0 Å². The number of thiazole rings is 1. The summed E-state index contributed by atoms with van der Waals surface area (Å²) in [4.78, 5) is 14.5. The normalized spacial score (nSPS) is 11.5. The van der Waals surface area contributed by atoms with Gasteiger partial charge in [-0.15, -0.1) is 11.3 Å². The van der Waals surface area contributed by atoms with Crippen LogP contribution in [0.4, 0.5) is 0 Å². The molecule has 2 aromatic carbocycles. The van der Waals surface area contributed by atoms with Crippen LogP contribution in [0, 0.1) is 13.8 Å². The van der Waals surface area contributed by atoms with E-state index in [0.29, 0.717) is 0 Å². The van der Waals surface area contributed by atoms with Gasteiger partial charge in [-0.3, -0.25) is 0 Å². The summed E-state index contributed by atoms with van der Waals surface area (Å²) < 4.78 is 3.98. The second-order valence-electron chi connectivity index (χ2n) is 6.23. The molecule has 7 heteroatoms. The van der Waals surface area contributed by atoms with E-state index in [4.69, 9.17) is 15.0 Å². The maximum Gasteiger partial charge on any atom is 0.187 e. The minimum atomic E-state index is 0.739. The molecule has 3 heterocycles. The number of benzene rings is 2. The summed E-state index contributed by atoms with van der Waals surface area (Å²) in [6, 6.07) is 18.1. The Balaban J connectivity index is 1.69. The monoisotopic (exact) mass is 389 g/mol. The summed E-state index contributed by atoms with van der Waals surface area (Å²) in [5.74, 6) is 0.739. The molecule has 27 heavy (non-hydrogen) atoms. The van der Waals surface area contributed by atoms with Crippen LogP contribution >= 0.6 is 23.1 Å². The van der Waals surface area contributed by atoms with Crippen molar-refractivity contribution in [2.45, 2.75) is 23.2 Å². The number of para-hydroxylation sites is 3. The van der Waals surface area contributed by atoms with Gasteiger partial charge in [0.15, 0.2) is 10.2 Å². The summed E-state index contributed by atoms with van der Waals surface area (Å²) in [7, 11) is 0. The maximum atomic E-state index is 4.87. The van der Waals surface area contributed by atoms with Crippen LogP contribution in [0.3, 0.4) is 0 Å². The van der Waals surface area contributed by atoms with Gasteiger partial charge in [0.2, 0.25) is 0 Å². The van der Waals surface area contributed by atoms with Crippen molar-refractivity contribution >= 4 is 44.3 Å². The van der Waals surface area contributed by atoms with Gasteiger partial charge in [-0.25, -0.2) is 19.6 Å². The van der Waals surface area contributed by atoms with E-state index in [1.165, 1.54) is 4.70 Å². The molecule has 5 nitrogen and oxygen atoms in total.